The highest BCUT2D eigenvalue weighted by Gasteiger charge is 2.27. The second-order valence-electron chi connectivity index (χ2n) is 6.65. The zero-order valence-electron chi connectivity index (χ0n) is 15.5. The lowest BCUT2D eigenvalue weighted by atomic mass is 10.1. The Morgan fingerprint density at radius 3 is 2.86 bits per heavy atom. The van der Waals surface area contributed by atoms with E-state index in [1.54, 1.807) is 11.8 Å². The molecule has 1 amide bonds. The van der Waals surface area contributed by atoms with Crippen LogP contribution in [0.4, 0.5) is 0 Å². The number of hydrogen-bond donors (Lipinski definition) is 2. The number of benzene rings is 2. The summed E-state index contributed by atoms with van der Waals surface area (Å²) in [7, 11) is 1.63. The number of halogens is 1. The number of ether oxygens (including phenoxy) is 1. The van der Waals surface area contributed by atoms with Crippen molar-refractivity contribution in [2.24, 2.45) is 0 Å². The highest BCUT2D eigenvalue weighted by atomic mass is 35.5. The minimum atomic E-state index is -0.114. The van der Waals surface area contributed by atoms with Gasteiger partial charge in [-0.2, -0.15) is 5.10 Å². The van der Waals surface area contributed by atoms with Crippen LogP contribution in [0.15, 0.2) is 54.6 Å². The molecule has 0 radical (unpaired) electrons. The maximum atomic E-state index is 12.3. The van der Waals surface area contributed by atoms with Crippen molar-refractivity contribution in [3.8, 4) is 17.0 Å². The second-order valence-corrected chi connectivity index (χ2v) is 7.08. The quantitative estimate of drug-likeness (QED) is 0.671. The minimum absolute atomic E-state index is 0.0978. The van der Waals surface area contributed by atoms with Gasteiger partial charge >= 0.3 is 0 Å². The van der Waals surface area contributed by atoms with Crippen molar-refractivity contribution in [3.63, 3.8) is 0 Å². The third-order valence-electron chi connectivity index (χ3n) is 4.79. The number of methoxy groups -OCH3 is 1. The van der Waals surface area contributed by atoms with Crippen molar-refractivity contribution >= 4 is 17.5 Å². The van der Waals surface area contributed by atoms with Crippen LogP contribution < -0.4 is 15.4 Å². The van der Waals surface area contributed by atoms with Gasteiger partial charge in [0, 0.05) is 17.1 Å². The number of nitrogens with one attached hydrogen (secondary N) is 2. The Labute approximate surface area is 168 Å². The van der Waals surface area contributed by atoms with Gasteiger partial charge in [-0.05, 0) is 42.3 Å². The van der Waals surface area contributed by atoms with E-state index >= 15 is 0 Å². The molecular weight excluding hydrogens is 376 g/mol. The van der Waals surface area contributed by atoms with Crippen molar-refractivity contribution in [2.75, 3.05) is 20.2 Å². The van der Waals surface area contributed by atoms with Gasteiger partial charge in [-0.1, -0.05) is 35.9 Å². The van der Waals surface area contributed by atoms with Crippen molar-refractivity contribution in [2.45, 2.75) is 12.6 Å². The predicted octanol–water partition coefficient (Wildman–Crippen LogP) is 3.29. The number of nitrogens with zero attached hydrogens (tertiary/aromatic N) is 2. The molecular formula is C21H21ClN4O2. The average molecular weight is 397 g/mol. The number of rotatable bonds is 6. The highest BCUT2D eigenvalue weighted by Crippen LogP contribution is 2.25. The first-order valence-corrected chi connectivity index (χ1v) is 9.52. The molecule has 1 aliphatic heterocycles. The molecule has 7 heteroatoms. The molecule has 144 valence electrons. The molecule has 3 aromatic rings. The fraction of sp³-hybridized carbons (Fsp3) is 0.238. The Morgan fingerprint density at radius 2 is 2.07 bits per heavy atom. The molecule has 1 atom stereocenters. The normalized spacial score (nSPS) is 15.8. The van der Waals surface area contributed by atoms with Crippen LogP contribution in [-0.2, 0) is 6.42 Å². The molecule has 0 bridgehead atoms. The molecule has 1 aromatic heterocycles. The largest absolute Gasteiger partial charge is 0.497 e. The summed E-state index contributed by atoms with van der Waals surface area (Å²) >= 11 is 5.93. The Bertz CT molecular complexity index is 984. The zero-order valence-corrected chi connectivity index (χ0v) is 16.2. The standard InChI is InChI=1S/C21H21ClN4O2/c1-28-17-4-2-3-15(11-17)18-12-19-21(27)24-13-20(26(19)25-18)23-10-9-14-5-7-16(22)8-6-14/h2-8,11-12,20,23H,9-10,13H2,1H3,(H,24,27)/t20-/m0/s1. The first kappa shape index (κ1) is 18.5. The number of carbonyl (C=O) groups excluding carboxylic acids is 1. The summed E-state index contributed by atoms with van der Waals surface area (Å²) in [5.41, 5.74) is 3.41. The van der Waals surface area contributed by atoms with Crippen LogP contribution in [-0.4, -0.2) is 35.9 Å². The molecule has 2 N–H and O–H groups in total. The fourth-order valence-corrected chi connectivity index (χ4v) is 3.41. The van der Waals surface area contributed by atoms with E-state index in [2.05, 4.69) is 15.7 Å². The van der Waals surface area contributed by atoms with Gasteiger partial charge in [0.2, 0.25) is 0 Å². The third-order valence-corrected chi connectivity index (χ3v) is 5.04. The maximum absolute atomic E-state index is 12.3. The number of hydrogen-bond acceptors (Lipinski definition) is 4. The molecule has 0 spiro atoms. The van der Waals surface area contributed by atoms with Crippen molar-refractivity contribution in [1.82, 2.24) is 20.4 Å². The van der Waals surface area contributed by atoms with Gasteiger partial charge in [-0.15, -0.1) is 0 Å². The van der Waals surface area contributed by atoms with Gasteiger partial charge < -0.3 is 10.1 Å². The molecule has 28 heavy (non-hydrogen) atoms. The van der Waals surface area contributed by atoms with Gasteiger partial charge in [-0.25, -0.2) is 4.68 Å². The molecule has 0 saturated heterocycles. The first-order valence-electron chi connectivity index (χ1n) is 9.14. The molecule has 1 aliphatic rings. The Morgan fingerprint density at radius 1 is 1.25 bits per heavy atom. The van der Waals surface area contributed by atoms with E-state index in [1.165, 1.54) is 5.56 Å². The fourth-order valence-electron chi connectivity index (χ4n) is 3.28. The van der Waals surface area contributed by atoms with Crippen LogP contribution in [0.1, 0.15) is 22.2 Å². The van der Waals surface area contributed by atoms with Crippen molar-refractivity contribution in [3.05, 3.63) is 70.9 Å². The van der Waals surface area contributed by atoms with Crippen LogP contribution in [0.3, 0.4) is 0 Å². The summed E-state index contributed by atoms with van der Waals surface area (Å²) in [6.07, 6.45) is 0.764. The Hall–Kier alpha value is -2.83. The number of amides is 1. The number of carbonyl (C=O) groups is 1. The molecule has 2 aromatic carbocycles. The SMILES string of the molecule is COc1cccc(-c2cc3n(n2)[C@H](NCCc2ccc(Cl)cc2)CNC3=O)c1. The van der Waals surface area contributed by atoms with E-state index in [0.717, 1.165) is 35.0 Å². The highest BCUT2D eigenvalue weighted by molar-refractivity contribution is 6.30. The van der Waals surface area contributed by atoms with Gasteiger partial charge in [-0.3, -0.25) is 10.1 Å². The predicted molar refractivity (Wildman–Crippen MR) is 109 cm³/mol. The van der Waals surface area contributed by atoms with E-state index in [0.29, 0.717) is 12.2 Å². The van der Waals surface area contributed by atoms with Gasteiger partial charge in [0.05, 0.1) is 19.3 Å². The number of fused-ring (bicyclic) bond motifs is 1. The molecule has 2 heterocycles. The molecule has 4 rings (SSSR count). The molecule has 0 aliphatic carbocycles. The smallest absolute Gasteiger partial charge is 0.269 e. The van der Waals surface area contributed by atoms with Crippen LogP contribution in [0.2, 0.25) is 5.02 Å². The minimum Gasteiger partial charge on any atom is -0.497 e. The topological polar surface area (TPSA) is 68.2 Å². The molecule has 0 unspecified atom stereocenters. The maximum Gasteiger partial charge on any atom is 0.269 e. The molecule has 0 saturated carbocycles. The van der Waals surface area contributed by atoms with Gasteiger partial charge in [0.1, 0.15) is 17.6 Å². The summed E-state index contributed by atoms with van der Waals surface area (Å²) in [5.74, 6) is 0.642. The summed E-state index contributed by atoms with van der Waals surface area (Å²) in [5, 5.41) is 11.8. The van der Waals surface area contributed by atoms with Crippen LogP contribution in [0, 0.1) is 0 Å². The summed E-state index contributed by atoms with van der Waals surface area (Å²) in [6.45, 7) is 1.25. The monoisotopic (exact) mass is 396 g/mol. The zero-order chi connectivity index (χ0) is 19.5. The Balaban J connectivity index is 1.51. The summed E-state index contributed by atoms with van der Waals surface area (Å²) < 4.78 is 7.06. The lowest BCUT2D eigenvalue weighted by Gasteiger charge is -2.25. The van der Waals surface area contributed by atoms with Crippen LogP contribution in [0.25, 0.3) is 11.3 Å². The van der Waals surface area contributed by atoms with Crippen molar-refractivity contribution < 1.29 is 9.53 Å². The lowest BCUT2D eigenvalue weighted by Crippen LogP contribution is -2.45. The third kappa shape index (κ3) is 3.88. The summed E-state index contributed by atoms with van der Waals surface area (Å²) in [4.78, 5) is 12.3. The lowest BCUT2D eigenvalue weighted by molar-refractivity contribution is 0.0901. The van der Waals surface area contributed by atoms with E-state index in [4.69, 9.17) is 16.3 Å². The first-order chi connectivity index (χ1) is 13.6. The van der Waals surface area contributed by atoms with Crippen LogP contribution in [0.5, 0.6) is 5.75 Å². The average Bonchev–Trinajstić information content (AvgIpc) is 3.18. The molecule has 0 fully saturated rings. The van der Waals surface area contributed by atoms with E-state index in [-0.39, 0.29) is 12.1 Å². The van der Waals surface area contributed by atoms with Crippen LogP contribution >= 0.6 is 11.6 Å². The van der Waals surface area contributed by atoms with E-state index in [1.807, 2.05) is 54.6 Å². The Kier molecular flexibility index (Phi) is 5.32. The van der Waals surface area contributed by atoms with Gasteiger partial charge in [0.15, 0.2) is 0 Å². The molecule has 6 nitrogen and oxygen atoms in total. The van der Waals surface area contributed by atoms with E-state index < -0.39 is 0 Å². The summed E-state index contributed by atoms with van der Waals surface area (Å²) in [6, 6.07) is 17.3. The number of aromatic nitrogens is 2. The van der Waals surface area contributed by atoms with E-state index in [9.17, 15) is 4.79 Å². The van der Waals surface area contributed by atoms with Crippen molar-refractivity contribution in [1.29, 1.82) is 0 Å². The second kappa shape index (κ2) is 8.04. The van der Waals surface area contributed by atoms with Gasteiger partial charge in [0.25, 0.3) is 5.91 Å².